The molecule has 0 amide bonds. The summed E-state index contributed by atoms with van der Waals surface area (Å²) in [5.74, 6) is 0.648. The molecule has 0 saturated heterocycles. The van der Waals surface area contributed by atoms with Crippen LogP contribution in [0, 0.1) is 0 Å². The van der Waals surface area contributed by atoms with Crippen LogP contribution in [0.4, 0.5) is 0 Å². The summed E-state index contributed by atoms with van der Waals surface area (Å²) < 4.78 is 6.99. The zero-order chi connectivity index (χ0) is 11.5. The van der Waals surface area contributed by atoms with Crippen molar-refractivity contribution >= 4 is 50.5 Å². The van der Waals surface area contributed by atoms with Crippen molar-refractivity contribution in [2.45, 2.75) is 6.61 Å². The summed E-state index contributed by atoms with van der Waals surface area (Å²) in [5, 5.41) is 0.574. The molecular weight excluding hydrogens is 333 g/mol. The van der Waals surface area contributed by atoms with Gasteiger partial charge < -0.3 is 4.74 Å². The highest BCUT2D eigenvalue weighted by atomic mass is 79.9. The minimum absolute atomic E-state index is 0.422. The third kappa shape index (κ3) is 3.10. The smallest absolute Gasteiger partial charge is 0.183 e. The van der Waals surface area contributed by atoms with E-state index in [1.807, 2.05) is 12.1 Å². The molecule has 16 heavy (non-hydrogen) atoms. The first-order valence-electron chi connectivity index (χ1n) is 4.33. The van der Waals surface area contributed by atoms with Crippen LogP contribution in [0.25, 0.3) is 0 Å². The number of nitrogens with zero attached hydrogens (tertiary/aromatic N) is 1. The van der Waals surface area contributed by atoms with Gasteiger partial charge in [0.05, 0.1) is 9.90 Å². The van der Waals surface area contributed by atoms with Crippen molar-refractivity contribution < 1.29 is 4.74 Å². The molecule has 1 aromatic heterocycles. The Bertz CT molecular complexity index is 503. The maximum absolute atomic E-state index is 6.01. The van der Waals surface area contributed by atoms with E-state index in [4.69, 9.17) is 27.9 Å². The minimum Gasteiger partial charge on any atom is -0.486 e. The topological polar surface area (TPSA) is 22.1 Å². The second kappa shape index (κ2) is 5.36. The Morgan fingerprint density at radius 2 is 2.19 bits per heavy atom. The lowest BCUT2D eigenvalue weighted by molar-refractivity contribution is 0.309. The van der Waals surface area contributed by atoms with Gasteiger partial charge in [0.15, 0.2) is 4.47 Å². The second-order valence-electron chi connectivity index (χ2n) is 2.94. The molecule has 2 rings (SSSR count). The van der Waals surface area contributed by atoms with Gasteiger partial charge in [-0.3, -0.25) is 0 Å². The van der Waals surface area contributed by atoms with E-state index in [1.165, 1.54) is 11.3 Å². The van der Waals surface area contributed by atoms with Crippen LogP contribution in [0.2, 0.25) is 9.49 Å². The summed E-state index contributed by atoms with van der Waals surface area (Å²) in [6.07, 6.45) is 1.69. The molecule has 0 radical (unpaired) electrons. The molecule has 0 saturated carbocycles. The summed E-state index contributed by atoms with van der Waals surface area (Å²) in [6.45, 7) is 0.422. The molecule has 0 aliphatic rings. The molecule has 0 aliphatic heterocycles. The van der Waals surface area contributed by atoms with Gasteiger partial charge in [0.25, 0.3) is 0 Å². The number of benzene rings is 1. The van der Waals surface area contributed by atoms with Gasteiger partial charge in [-0.15, -0.1) is 11.3 Å². The van der Waals surface area contributed by atoms with Gasteiger partial charge >= 0.3 is 0 Å². The van der Waals surface area contributed by atoms with Gasteiger partial charge in [-0.05, 0) is 18.2 Å². The summed E-state index contributed by atoms with van der Waals surface area (Å²) in [4.78, 5) is 4.89. The van der Waals surface area contributed by atoms with E-state index in [0.717, 1.165) is 9.35 Å². The van der Waals surface area contributed by atoms with Gasteiger partial charge in [0.2, 0.25) is 0 Å². The van der Waals surface area contributed by atoms with Crippen LogP contribution in [0.5, 0.6) is 5.75 Å². The minimum atomic E-state index is 0.422. The molecule has 0 N–H and O–H groups in total. The first kappa shape index (κ1) is 12.2. The SMILES string of the molecule is Clc1ncc(COc2ccc(Br)cc2Cl)s1. The molecule has 1 heterocycles. The van der Waals surface area contributed by atoms with E-state index in [0.29, 0.717) is 21.8 Å². The normalized spacial score (nSPS) is 10.4. The first-order valence-corrected chi connectivity index (χ1v) is 6.70. The van der Waals surface area contributed by atoms with Crippen molar-refractivity contribution in [3.63, 3.8) is 0 Å². The molecule has 0 atom stereocenters. The third-order valence-electron chi connectivity index (χ3n) is 1.79. The predicted molar refractivity (Wildman–Crippen MR) is 70.6 cm³/mol. The summed E-state index contributed by atoms with van der Waals surface area (Å²) in [6, 6.07) is 5.48. The van der Waals surface area contributed by atoms with Crippen molar-refractivity contribution in [2.75, 3.05) is 0 Å². The average molecular weight is 339 g/mol. The Labute approximate surface area is 115 Å². The third-order valence-corrected chi connectivity index (χ3v) is 3.67. The first-order chi connectivity index (χ1) is 7.65. The number of hydrogen-bond acceptors (Lipinski definition) is 3. The van der Waals surface area contributed by atoms with Crippen LogP contribution in [0.3, 0.4) is 0 Å². The van der Waals surface area contributed by atoms with E-state index in [1.54, 1.807) is 12.3 Å². The summed E-state index contributed by atoms with van der Waals surface area (Å²) in [7, 11) is 0. The van der Waals surface area contributed by atoms with Crippen LogP contribution in [-0.4, -0.2) is 4.98 Å². The number of rotatable bonds is 3. The Morgan fingerprint density at radius 1 is 1.38 bits per heavy atom. The molecule has 1 aromatic carbocycles. The van der Waals surface area contributed by atoms with Crippen molar-refractivity contribution in [1.82, 2.24) is 4.98 Å². The standard InChI is InChI=1S/C10H6BrCl2NOS/c11-6-1-2-9(8(12)3-6)15-5-7-4-14-10(13)16-7/h1-4H,5H2. The molecule has 2 nitrogen and oxygen atoms in total. The molecule has 2 aromatic rings. The quantitative estimate of drug-likeness (QED) is 0.802. The zero-order valence-electron chi connectivity index (χ0n) is 7.91. The molecular formula is C10H6BrCl2NOS. The molecule has 0 spiro atoms. The predicted octanol–water partition coefficient (Wildman–Crippen LogP) is 4.79. The Kier molecular flexibility index (Phi) is 4.08. The van der Waals surface area contributed by atoms with Crippen molar-refractivity contribution in [1.29, 1.82) is 0 Å². The highest BCUT2D eigenvalue weighted by molar-refractivity contribution is 9.10. The number of hydrogen-bond donors (Lipinski definition) is 0. The maximum atomic E-state index is 6.01. The molecule has 6 heteroatoms. The van der Waals surface area contributed by atoms with Crippen LogP contribution in [-0.2, 0) is 6.61 Å². The van der Waals surface area contributed by atoms with Crippen molar-refractivity contribution in [2.24, 2.45) is 0 Å². The van der Waals surface area contributed by atoms with Gasteiger partial charge in [0, 0.05) is 10.7 Å². The van der Waals surface area contributed by atoms with E-state index in [9.17, 15) is 0 Å². The van der Waals surface area contributed by atoms with E-state index < -0.39 is 0 Å². The maximum Gasteiger partial charge on any atom is 0.183 e. The highest BCUT2D eigenvalue weighted by Gasteiger charge is 2.04. The lowest BCUT2D eigenvalue weighted by atomic mass is 10.3. The summed E-state index contributed by atoms with van der Waals surface area (Å²) >= 11 is 16.4. The van der Waals surface area contributed by atoms with Crippen LogP contribution in [0.15, 0.2) is 28.9 Å². The molecule has 0 aliphatic carbocycles. The van der Waals surface area contributed by atoms with Gasteiger partial charge in [-0.25, -0.2) is 4.98 Å². The van der Waals surface area contributed by atoms with Gasteiger partial charge in [-0.1, -0.05) is 39.1 Å². The molecule has 0 bridgehead atoms. The lowest BCUT2D eigenvalue weighted by Crippen LogP contribution is -1.93. The van der Waals surface area contributed by atoms with Crippen molar-refractivity contribution in [3.8, 4) is 5.75 Å². The molecule has 0 unspecified atom stereocenters. The Balaban J connectivity index is 2.04. The number of halogens is 3. The van der Waals surface area contributed by atoms with Crippen LogP contribution < -0.4 is 4.74 Å². The molecule has 84 valence electrons. The Morgan fingerprint density at radius 3 is 2.81 bits per heavy atom. The average Bonchev–Trinajstić information content (AvgIpc) is 2.63. The molecule has 0 fully saturated rings. The van der Waals surface area contributed by atoms with Crippen LogP contribution in [0.1, 0.15) is 4.88 Å². The second-order valence-corrected chi connectivity index (χ2v) is 5.96. The largest absolute Gasteiger partial charge is 0.486 e. The Hall–Kier alpha value is -0.290. The number of thiazole rings is 1. The van der Waals surface area contributed by atoms with Gasteiger partial charge in [-0.2, -0.15) is 0 Å². The lowest BCUT2D eigenvalue weighted by Gasteiger charge is -2.06. The van der Waals surface area contributed by atoms with Crippen molar-refractivity contribution in [3.05, 3.63) is 43.2 Å². The van der Waals surface area contributed by atoms with E-state index >= 15 is 0 Å². The number of ether oxygens (including phenoxy) is 1. The fourth-order valence-electron chi connectivity index (χ4n) is 1.09. The van der Waals surface area contributed by atoms with Crippen LogP contribution >= 0.6 is 50.5 Å². The summed E-state index contributed by atoms with van der Waals surface area (Å²) in [5.41, 5.74) is 0. The monoisotopic (exact) mass is 337 g/mol. The van der Waals surface area contributed by atoms with E-state index in [-0.39, 0.29) is 0 Å². The van der Waals surface area contributed by atoms with Gasteiger partial charge in [0.1, 0.15) is 12.4 Å². The zero-order valence-corrected chi connectivity index (χ0v) is 11.8. The van der Waals surface area contributed by atoms with E-state index in [2.05, 4.69) is 20.9 Å². The fraction of sp³-hybridized carbons (Fsp3) is 0.100. The number of aromatic nitrogens is 1. The highest BCUT2D eigenvalue weighted by Crippen LogP contribution is 2.29. The fourth-order valence-corrected chi connectivity index (χ4v) is 2.71.